The summed E-state index contributed by atoms with van der Waals surface area (Å²) in [4.78, 5) is 11.3. The molecule has 1 aromatic rings. The highest BCUT2D eigenvalue weighted by atomic mass is 16.5. The summed E-state index contributed by atoms with van der Waals surface area (Å²) in [5.41, 5.74) is 0.683. The van der Waals surface area contributed by atoms with Gasteiger partial charge in [-0.3, -0.25) is 4.79 Å². The molecule has 13 heavy (non-hydrogen) atoms. The predicted octanol–water partition coefficient (Wildman–Crippen LogP) is 0.0936. The third-order valence-corrected chi connectivity index (χ3v) is 1.61. The summed E-state index contributed by atoms with van der Waals surface area (Å²) in [7, 11) is 0. The highest BCUT2D eigenvalue weighted by Crippen LogP contribution is 2.05. The van der Waals surface area contributed by atoms with Crippen molar-refractivity contribution in [2.24, 2.45) is 0 Å². The number of nitrogens with zero attached hydrogens (tertiary/aromatic N) is 1. The van der Waals surface area contributed by atoms with Crippen molar-refractivity contribution in [3.8, 4) is 0 Å². The molecule has 5 nitrogen and oxygen atoms in total. The third kappa shape index (κ3) is 2.29. The molecule has 0 aliphatic rings. The van der Waals surface area contributed by atoms with Crippen molar-refractivity contribution in [1.82, 2.24) is 10.5 Å². The Morgan fingerprint density at radius 2 is 2.54 bits per heavy atom. The van der Waals surface area contributed by atoms with Crippen LogP contribution in [0.5, 0.6) is 0 Å². The van der Waals surface area contributed by atoms with Crippen molar-refractivity contribution < 1.29 is 14.4 Å². The summed E-state index contributed by atoms with van der Waals surface area (Å²) in [6, 6.07) is -0.281. The lowest BCUT2D eigenvalue weighted by atomic mass is 10.2. The molecule has 72 valence electrons. The number of aryl methyl sites for hydroxylation is 1. The van der Waals surface area contributed by atoms with Gasteiger partial charge in [0.2, 0.25) is 5.76 Å². The first-order valence-electron chi connectivity index (χ1n) is 3.98. The molecule has 0 bridgehead atoms. The maximum atomic E-state index is 11.3. The molecular weight excluding hydrogens is 172 g/mol. The van der Waals surface area contributed by atoms with Gasteiger partial charge in [-0.05, 0) is 13.8 Å². The number of carbonyl (C=O) groups is 1. The van der Waals surface area contributed by atoms with Crippen molar-refractivity contribution >= 4 is 5.91 Å². The van der Waals surface area contributed by atoms with Crippen molar-refractivity contribution in [1.29, 1.82) is 0 Å². The minimum Gasteiger partial charge on any atom is -0.394 e. The van der Waals surface area contributed by atoms with Crippen LogP contribution < -0.4 is 5.32 Å². The van der Waals surface area contributed by atoms with Crippen LogP contribution in [0.4, 0.5) is 0 Å². The Labute approximate surface area is 75.7 Å². The highest BCUT2D eigenvalue weighted by Gasteiger charge is 2.15. The molecule has 1 atom stereocenters. The molecule has 0 aliphatic carbocycles. The molecule has 1 aromatic heterocycles. The third-order valence-electron chi connectivity index (χ3n) is 1.61. The van der Waals surface area contributed by atoms with E-state index in [9.17, 15) is 4.79 Å². The van der Waals surface area contributed by atoms with Gasteiger partial charge in [0.1, 0.15) is 0 Å². The zero-order valence-corrected chi connectivity index (χ0v) is 7.57. The lowest BCUT2D eigenvalue weighted by Crippen LogP contribution is -2.35. The molecule has 0 fully saturated rings. The average molecular weight is 184 g/mol. The molecule has 0 aliphatic heterocycles. The van der Waals surface area contributed by atoms with Crippen molar-refractivity contribution in [2.75, 3.05) is 6.61 Å². The lowest BCUT2D eigenvalue weighted by molar-refractivity contribution is 0.0884. The predicted molar refractivity (Wildman–Crippen MR) is 45.3 cm³/mol. The normalized spacial score (nSPS) is 12.5. The number of nitrogens with one attached hydrogen (secondary N) is 1. The summed E-state index contributed by atoms with van der Waals surface area (Å²) < 4.78 is 4.73. The second-order valence-electron chi connectivity index (χ2n) is 2.90. The summed E-state index contributed by atoms with van der Waals surface area (Å²) >= 11 is 0. The zero-order chi connectivity index (χ0) is 9.84. The van der Waals surface area contributed by atoms with Crippen LogP contribution >= 0.6 is 0 Å². The Balaban J connectivity index is 2.64. The van der Waals surface area contributed by atoms with E-state index >= 15 is 0 Å². The highest BCUT2D eigenvalue weighted by molar-refractivity contribution is 5.92. The van der Waals surface area contributed by atoms with Crippen LogP contribution in [-0.2, 0) is 0 Å². The van der Waals surface area contributed by atoms with Crippen LogP contribution in [-0.4, -0.2) is 28.8 Å². The molecule has 0 spiro atoms. The SMILES string of the molecule is Cc1cnoc1C(=O)NC(C)CO. The lowest BCUT2D eigenvalue weighted by Gasteiger charge is -2.08. The molecule has 1 heterocycles. The van der Waals surface area contributed by atoms with Crippen LogP contribution in [0.25, 0.3) is 0 Å². The summed E-state index contributed by atoms with van der Waals surface area (Å²) in [6.45, 7) is 3.33. The van der Waals surface area contributed by atoms with E-state index < -0.39 is 0 Å². The molecule has 0 saturated heterocycles. The molecule has 1 rings (SSSR count). The van der Waals surface area contributed by atoms with Gasteiger partial charge in [0, 0.05) is 11.6 Å². The molecule has 1 amide bonds. The number of hydrogen-bond donors (Lipinski definition) is 2. The molecule has 0 saturated carbocycles. The maximum Gasteiger partial charge on any atom is 0.290 e. The minimum absolute atomic E-state index is 0.0983. The van der Waals surface area contributed by atoms with Gasteiger partial charge < -0.3 is 14.9 Å². The van der Waals surface area contributed by atoms with E-state index in [0.29, 0.717) is 5.56 Å². The Bertz CT molecular complexity index is 295. The molecule has 2 N–H and O–H groups in total. The molecule has 0 aromatic carbocycles. The zero-order valence-electron chi connectivity index (χ0n) is 7.57. The number of aliphatic hydroxyl groups is 1. The topological polar surface area (TPSA) is 75.4 Å². The Hall–Kier alpha value is -1.36. The van der Waals surface area contributed by atoms with E-state index in [1.54, 1.807) is 13.8 Å². The first-order valence-corrected chi connectivity index (χ1v) is 3.98. The summed E-state index contributed by atoms with van der Waals surface area (Å²) in [5.74, 6) is -0.156. The van der Waals surface area contributed by atoms with Crippen molar-refractivity contribution in [3.05, 3.63) is 17.5 Å². The van der Waals surface area contributed by atoms with E-state index in [1.807, 2.05) is 0 Å². The second-order valence-corrected chi connectivity index (χ2v) is 2.90. The van der Waals surface area contributed by atoms with Gasteiger partial charge in [0.05, 0.1) is 12.8 Å². The standard InChI is InChI=1S/C8H12N2O3/c1-5-3-9-13-7(5)8(12)10-6(2)4-11/h3,6,11H,4H2,1-2H3,(H,10,12). The number of aliphatic hydroxyl groups excluding tert-OH is 1. The fraction of sp³-hybridized carbons (Fsp3) is 0.500. The number of amides is 1. The fourth-order valence-electron chi connectivity index (χ4n) is 0.844. The Kier molecular flexibility index (Phi) is 3.02. The number of hydrogen-bond acceptors (Lipinski definition) is 4. The van der Waals surface area contributed by atoms with Crippen LogP contribution in [0.3, 0.4) is 0 Å². The molecular formula is C8H12N2O3. The van der Waals surface area contributed by atoms with Gasteiger partial charge in [-0.2, -0.15) is 0 Å². The van der Waals surface area contributed by atoms with E-state index in [2.05, 4.69) is 10.5 Å². The van der Waals surface area contributed by atoms with Gasteiger partial charge in [-0.25, -0.2) is 0 Å². The molecule has 5 heteroatoms. The Morgan fingerprint density at radius 1 is 1.85 bits per heavy atom. The minimum atomic E-state index is -0.350. The van der Waals surface area contributed by atoms with Crippen LogP contribution in [0.1, 0.15) is 23.0 Å². The van der Waals surface area contributed by atoms with E-state index in [4.69, 9.17) is 9.63 Å². The quantitative estimate of drug-likeness (QED) is 0.698. The first-order chi connectivity index (χ1) is 6.15. The van der Waals surface area contributed by atoms with Gasteiger partial charge in [0.25, 0.3) is 5.91 Å². The largest absolute Gasteiger partial charge is 0.394 e. The number of carbonyl (C=O) groups excluding carboxylic acids is 1. The van der Waals surface area contributed by atoms with E-state index in [-0.39, 0.29) is 24.3 Å². The Morgan fingerprint density at radius 3 is 3.00 bits per heavy atom. The summed E-state index contributed by atoms with van der Waals surface area (Å²) in [6.07, 6.45) is 1.47. The van der Waals surface area contributed by atoms with Crippen LogP contribution in [0.15, 0.2) is 10.7 Å². The average Bonchev–Trinajstić information content (AvgIpc) is 2.51. The first kappa shape index (κ1) is 9.73. The maximum absolute atomic E-state index is 11.3. The van der Waals surface area contributed by atoms with Crippen molar-refractivity contribution in [3.63, 3.8) is 0 Å². The van der Waals surface area contributed by atoms with Crippen LogP contribution in [0.2, 0.25) is 0 Å². The van der Waals surface area contributed by atoms with Gasteiger partial charge in [-0.1, -0.05) is 5.16 Å². The molecule has 0 radical (unpaired) electrons. The van der Waals surface area contributed by atoms with Gasteiger partial charge >= 0.3 is 0 Å². The van der Waals surface area contributed by atoms with Gasteiger partial charge in [-0.15, -0.1) is 0 Å². The van der Waals surface area contributed by atoms with Gasteiger partial charge in [0.15, 0.2) is 0 Å². The monoisotopic (exact) mass is 184 g/mol. The van der Waals surface area contributed by atoms with E-state index in [0.717, 1.165) is 0 Å². The summed E-state index contributed by atoms with van der Waals surface area (Å²) in [5, 5.41) is 14.7. The van der Waals surface area contributed by atoms with Crippen LogP contribution in [0, 0.1) is 6.92 Å². The van der Waals surface area contributed by atoms with Crippen molar-refractivity contribution in [2.45, 2.75) is 19.9 Å². The second kappa shape index (κ2) is 4.04. The smallest absolute Gasteiger partial charge is 0.290 e. The number of aromatic nitrogens is 1. The fourth-order valence-corrected chi connectivity index (χ4v) is 0.844. The van der Waals surface area contributed by atoms with E-state index in [1.165, 1.54) is 6.20 Å². The number of rotatable bonds is 3. The molecule has 1 unspecified atom stereocenters.